The van der Waals surface area contributed by atoms with Crippen LogP contribution in [0.15, 0.2) is 27.9 Å². The average Bonchev–Trinajstić information content (AvgIpc) is 3.33. The van der Waals surface area contributed by atoms with Crippen molar-refractivity contribution in [2.75, 3.05) is 0 Å². The number of allylic oxidation sites excluding steroid dienone is 1. The number of nitrogens with zero attached hydrogens (tertiary/aromatic N) is 3. The van der Waals surface area contributed by atoms with Gasteiger partial charge >= 0.3 is 5.69 Å². The van der Waals surface area contributed by atoms with Crippen molar-refractivity contribution in [2.24, 2.45) is 0 Å². The average molecular weight is 383 g/mol. The molecule has 8 nitrogen and oxygen atoms in total. The highest BCUT2D eigenvalue weighted by atomic mass is 35.5. The number of hydrogen-bond acceptors (Lipinski definition) is 5. The van der Waals surface area contributed by atoms with Crippen LogP contribution < -0.4 is 11.2 Å². The number of aromatic amines is 3. The molecule has 1 saturated carbocycles. The molecule has 3 aromatic rings. The molecule has 0 amide bonds. The van der Waals surface area contributed by atoms with E-state index in [0.717, 1.165) is 36.3 Å². The van der Waals surface area contributed by atoms with E-state index in [0.29, 0.717) is 10.8 Å². The monoisotopic (exact) mass is 382 g/mol. The zero-order chi connectivity index (χ0) is 18.5. The first-order valence-corrected chi connectivity index (χ1v) is 9.09. The molecule has 0 unspecified atom stereocenters. The molecule has 3 heterocycles. The summed E-state index contributed by atoms with van der Waals surface area (Å²) in [6.45, 7) is 0. The Morgan fingerprint density at radius 3 is 2.85 bits per heavy atom. The summed E-state index contributed by atoms with van der Waals surface area (Å²) < 4.78 is 0. The van der Waals surface area contributed by atoms with Crippen LogP contribution in [0.1, 0.15) is 47.5 Å². The molecule has 3 aromatic heterocycles. The third-order valence-electron chi connectivity index (χ3n) is 5.08. The standard InChI is InChI=1S/C18H15ClN6O2/c19-15-9(6-14(24-25-15)11-7-20-18(27)23-17(11)26)8-5-10(8)16-21-12-3-1-2-4-13(12)22-16/h1,3,6-8,10H,2,4-5H2,(H,21,22)(H2,20,23,26,27)/t8-,10+/m1/s1. The zero-order valence-corrected chi connectivity index (χ0v) is 14.9. The lowest BCUT2D eigenvalue weighted by Gasteiger charge is -2.05. The normalized spacial score (nSPS) is 20.5. The molecule has 1 fully saturated rings. The van der Waals surface area contributed by atoms with Crippen LogP contribution in [0, 0.1) is 0 Å². The molecule has 2 aliphatic carbocycles. The molecule has 0 spiro atoms. The predicted octanol–water partition coefficient (Wildman–Crippen LogP) is 2.13. The van der Waals surface area contributed by atoms with E-state index in [1.165, 1.54) is 11.9 Å². The van der Waals surface area contributed by atoms with Gasteiger partial charge in [-0.2, -0.15) is 0 Å². The maximum atomic E-state index is 12.0. The first-order valence-electron chi connectivity index (χ1n) is 8.71. The predicted molar refractivity (Wildman–Crippen MR) is 99.8 cm³/mol. The van der Waals surface area contributed by atoms with Gasteiger partial charge in [-0.1, -0.05) is 17.7 Å². The van der Waals surface area contributed by atoms with Crippen LogP contribution in [0.2, 0.25) is 5.15 Å². The molecule has 27 heavy (non-hydrogen) atoms. The second-order valence-electron chi connectivity index (χ2n) is 6.84. The number of nitrogens with one attached hydrogen (secondary N) is 3. The highest BCUT2D eigenvalue weighted by Gasteiger charge is 2.43. The molecule has 3 N–H and O–H groups in total. The van der Waals surface area contributed by atoms with E-state index in [1.807, 2.05) is 0 Å². The fourth-order valence-corrected chi connectivity index (χ4v) is 3.83. The van der Waals surface area contributed by atoms with Gasteiger partial charge in [-0.05, 0) is 42.9 Å². The van der Waals surface area contributed by atoms with Gasteiger partial charge in [0.25, 0.3) is 5.56 Å². The van der Waals surface area contributed by atoms with Crippen molar-refractivity contribution in [1.82, 2.24) is 30.1 Å². The molecule has 0 saturated heterocycles. The van der Waals surface area contributed by atoms with Gasteiger partial charge in [-0.3, -0.25) is 9.78 Å². The van der Waals surface area contributed by atoms with Crippen LogP contribution >= 0.6 is 11.6 Å². The van der Waals surface area contributed by atoms with Crippen LogP contribution in [-0.2, 0) is 6.42 Å². The lowest BCUT2D eigenvalue weighted by atomic mass is 10.1. The minimum Gasteiger partial charge on any atom is -0.345 e. The van der Waals surface area contributed by atoms with Crippen LogP contribution in [0.5, 0.6) is 0 Å². The molecule has 9 heteroatoms. The Balaban J connectivity index is 1.47. The van der Waals surface area contributed by atoms with E-state index in [-0.39, 0.29) is 17.4 Å². The van der Waals surface area contributed by atoms with E-state index < -0.39 is 11.2 Å². The third-order valence-corrected chi connectivity index (χ3v) is 5.37. The van der Waals surface area contributed by atoms with Crippen molar-refractivity contribution in [3.63, 3.8) is 0 Å². The van der Waals surface area contributed by atoms with Gasteiger partial charge in [0.2, 0.25) is 0 Å². The molecular weight excluding hydrogens is 368 g/mol. The van der Waals surface area contributed by atoms with E-state index in [4.69, 9.17) is 16.6 Å². The molecular formula is C18H15ClN6O2. The van der Waals surface area contributed by atoms with Crippen LogP contribution in [0.4, 0.5) is 0 Å². The Labute approximate surface area is 157 Å². The molecule has 0 aromatic carbocycles. The van der Waals surface area contributed by atoms with Crippen molar-refractivity contribution >= 4 is 17.7 Å². The molecule has 136 valence electrons. The van der Waals surface area contributed by atoms with Gasteiger partial charge in [0.05, 0.1) is 11.3 Å². The summed E-state index contributed by atoms with van der Waals surface area (Å²) in [5.74, 6) is 1.38. The number of halogens is 1. The van der Waals surface area contributed by atoms with Crippen molar-refractivity contribution in [3.05, 3.63) is 67.1 Å². The number of rotatable bonds is 3. The number of H-pyrrole nitrogens is 3. The Hall–Kier alpha value is -3.00. The van der Waals surface area contributed by atoms with Gasteiger partial charge in [-0.15, -0.1) is 10.2 Å². The van der Waals surface area contributed by atoms with Crippen molar-refractivity contribution in [1.29, 1.82) is 0 Å². The topological polar surface area (TPSA) is 120 Å². The number of fused-ring (bicyclic) bond motifs is 1. The van der Waals surface area contributed by atoms with Crippen LogP contribution in [0.25, 0.3) is 17.3 Å². The van der Waals surface area contributed by atoms with Crippen molar-refractivity contribution < 1.29 is 0 Å². The molecule has 0 radical (unpaired) electrons. The number of imidazole rings is 1. The first kappa shape index (κ1) is 16.2. The van der Waals surface area contributed by atoms with Crippen LogP contribution in [0.3, 0.4) is 0 Å². The number of aromatic nitrogens is 6. The third kappa shape index (κ3) is 2.82. The van der Waals surface area contributed by atoms with E-state index in [2.05, 4.69) is 37.3 Å². The quantitative estimate of drug-likeness (QED) is 0.640. The summed E-state index contributed by atoms with van der Waals surface area (Å²) in [5.41, 5.74) is 2.57. The second-order valence-corrected chi connectivity index (χ2v) is 7.19. The number of aryl methyl sites for hydroxylation is 1. The van der Waals surface area contributed by atoms with Gasteiger partial charge < -0.3 is 9.97 Å². The molecule has 0 aliphatic heterocycles. The Morgan fingerprint density at radius 2 is 2.04 bits per heavy atom. The summed E-state index contributed by atoms with van der Waals surface area (Å²) in [6, 6.07) is 1.77. The largest absolute Gasteiger partial charge is 0.345 e. The summed E-state index contributed by atoms with van der Waals surface area (Å²) in [7, 11) is 0. The Morgan fingerprint density at radius 1 is 1.15 bits per heavy atom. The van der Waals surface area contributed by atoms with E-state index >= 15 is 0 Å². The van der Waals surface area contributed by atoms with Gasteiger partial charge in [0, 0.05) is 17.8 Å². The zero-order valence-electron chi connectivity index (χ0n) is 14.1. The lowest BCUT2D eigenvalue weighted by Crippen LogP contribution is -2.23. The fourth-order valence-electron chi connectivity index (χ4n) is 3.59. The minimum atomic E-state index is -0.566. The summed E-state index contributed by atoms with van der Waals surface area (Å²) >= 11 is 6.28. The summed E-state index contributed by atoms with van der Waals surface area (Å²) in [5, 5.41) is 8.33. The highest BCUT2D eigenvalue weighted by molar-refractivity contribution is 6.30. The van der Waals surface area contributed by atoms with Crippen molar-refractivity contribution in [3.8, 4) is 11.3 Å². The second kappa shape index (κ2) is 6.02. The fraction of sp³-hybridized carbons (Fsp3) is 0.278. The maximum absolute atomic E-state index is 12.0. The number of hydrogen-bond donors (Lipinski definition) is 3. The molecule has 0 bridgehead atoms. The van der Waals surface area contributed by atoms with E-state index in [9.17, 15) is 9.59 Å². The molecule has 2 aliphatic rings. The lowest BCUT2D eigenvalue weighted by molar-refractivity contribution is 0.890. The maximum Gasteiger partial charge on any atom is 0.325 e. The van der Waals surface area contributed by atoms with Crippen LogP contribution in [-0.4, -0.2) is 30.1 Å². The summed E-state index contributed by atoms with van der Waals surface area (Å²) in [6.07, 6.45) is 8.43. The molecule has 2 atom stereocenters. The molecule has 5 rings (SSSR count). The van der Waals surface area contributed by atoms with Gasteiger partial charge in [0.1, 0.15) is 11.5 Å². The Kier molecular flexibility index (Phi) is 3.61. The first-order chi connectivity index (χ1) is 13.1. The van der Waals surface area contributed by atoms with E-state index in [1.54, 1.807) is 6.07 Å². The highest BCUT2D eigenvalue weighted by Crippen LogP contribution is 2.55. The van der Waals surface area contributed by atoms with Crippen molar-refractivity contribution in [2.45, 2.75) is 31.1 Å². The SMILES string of the molecule is O=c1[nH]cc(-c2cc([C@H]3C[C@@H]3c3nc4c([nH]3)CCC=C4)c(Cl)nn2)c(=O)[nH]1. The van der Waals surface area contributed by atoms with Gasteiger partial charge in [-0.25, -0.2) is 9.78 Å². The summed E-state index contributed by atoms with van der Waals surface area (Å²) in [4.78, 5) is 36.0. The van der Waals surface area contributed by atoms with Gasteiger partial charge in [0.15, 0.2) is 5.15 Å². The minimum absolute atomic E-state index is 0.171. The Bertz CT molecular complexity index is 1190. The smallest absolute Gasteiger partial charge is 0.325 e.